The number of esters is 2. The number of para-hydroxylation sites is 1. The van der Waals surface area contributed by atoms with Crippen molar-refractivity contribution in [1.29, 1.82) is 0 Å². The van der Waals surface area contributed by atoms with Gasteiger partial charge in [0.05, 0.1) is 30.3 Å². The molecule has 0 aromatic heterocycles. The minimum atomic E-state index is -1.01. The minimum Gasteiger partial charge on any atom is -0.466 e. The number of rotatable bonds is 12. The molecule has 0 bridgehead atoms. The Bertz CT molecular complexity index is 1590. The van der Waals surface area contributed by atoms with E-state index in [0.29, 0.717) is 22.5 Å². The summed E-state index contributed by atoms with van der Waals surface area (Å²) in [6.07, 6.45) is 0.204. The maximum atomic E-state index is 14.4. The van der Waals surface area contributed by atoms with Crippen molar-refractivity contribution in [2.24, 2.45) is 5.73 Å². The molecule has 0 saturated heterocycles. The smallest absolute Gasteiger partial charge is 0.325 e. The van der Waals surface area contributed by atoms with Gasteiger partial charge < -0.3 is 25.4 Å². The molecule has 0 saturated carbocycles. The molecule has 3 aromatic rings. The van der Waals surface area contributed by atoms with Gasteiger partial charge in [-0.2, -0.15) is 0 Å². The second-order valence-corrected chi connectivity index (χ2v) is 12.2. The maximum Gasteiger partial charge on any atom is 0.325 e. The van der Waals surface area contributed by atoms with Crippen molar-refractivity contribution in [3.63, 3.8) is 0 Å². The summed E-state index contributed by atoms with van der Waals surface area (Å²) in [5, 5.41) is 2.67. The van der Waals surface area contributed by atoms with Crippen molar-refractivity contribution in [3.05, 3.63) is 95.6 Å². The lowest BCUT2D eigenvalue weighted by Crippen LogP contribution is -2.45. The van der Waals surface area contributed by atoms with Crippen LogP contribution in [0.3, 0.4) is 0 Å². The fourth-order valence-corrected chi connectivity index (χ4v) is 5.29. The van der Waals surface area contributed by atoms with Crippen molar-refractivity contribution in [2.75, 3.05) is 24.6 Å². The van der Waals surface area contributed by atoms with Gasteiger partial charge in [-0.1, -0.05) is 54.6 Å². The molecular formula is C36H42N4O7. The first-order valence-electron chi connectivity index (χ1n) is 15.7. The number of hydrogen-bond donors (Lipinski definition) is 2. The number of anilines is 2. The zero-order valence-corrected chi connectivity index (χ0v) is 27.2. The average molecular weight is 643 g/mol. The quantitative estimate of drug-likeness (QED) is 0.279. The number of nitrogens with zero attached hydrogens (tertiary/aromatic N) is 2. The van der Waals surface area contributed by atoms with Gasteiger partial charge in [0.1, 0.15) is 18.2 Å². The third kappa shape index (κ3) is 9.26. The van der Waals surface area contributed by atoms with E-state index in [2.05, 4.69) is 5.32 Å². The molecule has 0 aliphatic carbocycles. The van der Waals surface area contributed by atoms with E-state index >= 15 is 0 Å². The van der Waals surface area contributed by atoms with E-state index in [9.17, 15) is 24.0 Å². The van der Waals surface area contributed by atoms with Crippen molar-refractivity contribution in [2.45, 2.75) is 64.6 Å². The zero-order chi connectivity index (χ0) is 34.1. The summed E-state index contributed by atoms with van der Waals surface area (Å²) >= 11 is 0. The van der Waals surface area contributed by atoms with Crippen LogP contribution in [0.5, 0.6) is 0 Å². The zero-order valence-electron chi connectivity index (χ0n) is 27.2. The van der Waals surface area contributed by atoms with Gasteiger partial charge in [-0.05, 0) is 69.5 Å². The fourth-order valence-electron chi connectivity index (χ4n) is 5.29. The third-order valence-corrected chi connectivity index (χ3v) is 7.46. The van der Waals surface area contributed by atoms with E-state index < -0.39 is 35.5 Å². The number of nitrogens with two attached hydrogens (primary N) is 1. The fraction of sp³-hybridized carbons (Fsp3) is 0.361. The van der Waals surface area contributed by atoms with Crippen LogP contribution in [0.25, 0.3) is 0 Å². The van der Waals surface area contributed by atoms with Gasteiger partial charge in [0, 0.05) is 18.7 Å². The second kappa shape index (κ2) is 15.5. The van der Waals surface area contributed by atoms with E-state index in [1.807, 2.05) is 48.5 Å². The molecule has 2 unspecified atom stereocenters. The van der Waals surface area contributed by atoms with Crippen LogP contribution in [0.4, 0.5) is 11.4 Å². The van der Waals surface area contributed by atoms with Crippen LogP contribution in [0.1, 0.15) is 68.1 Å². The largest absolute Gasteiger partial charge is 0.466 e. The Kier molecular flexibility index (Phi) is 11.5. The molecule has 1 aliphatic rings. The van der Waals surface area contributed by atoms with Gasteiger partial charge in [0.2, 0.25) is 5.91 Å². The van der Waals surface area contributed by atoms with Gasteiger partial charge in [-0.15, -0.1) is 0 Å². The molecule has 11 heteroatoms. The molecule has 4 rings (SSSR count). The van der Waals surface area contributed by atoms with E-state index in [4.69, 9.17) is 15.2 Å². The minimum absolute atomic E-state index is 0.0640. The number of amides is 3. The molecule has 0 radical (unpaired) electrons. The molecule has 3 amide bonds. The molecule has 47 heavy (non-hydrogen) atoms. The summed E-state index contributed by atoms with van der Waals surface area (Å²) in [4.78, 5) is 68.9. The summed E-state index contributed by atoms with van der Waals surface area (Å²) in [6.45, 7) is 6.73. The molecule has 0 fully saturated rings. The van der Waals surface area contributed by atoms with Gasteiger partial charge in [-0.3, -0.25) is 28.9 Å². The number of fused-ring (bicyclic) bond motifs is 1. The average Bonchev–Trinajstić information content (AvgIpc) is 3.14. The van der Waals surface area contributed by atoms with Crippen LogP contribution in [-0.2, 0) is 35.1 Å². The van der Waals surface area contributed by atoms with E-state index in [0.717, 1.165) is 0 Å². The number of carbonyl (C=O) groups is 5. The maximum absolute atomic E-state index is 14.4. The van der Waals surface area contributed by atoms with Crippen molar-refractivity contribution in [3.8, 4) is 0 Å². The molecule has 0 spiro atoms. The molecule has 3 aromatic carbocycles. The highest BCUT2D eigenvalue weighted by Crippen LogP contribution is 2.37. The van der Waals surface area contributed by atoms with Crippen LogP contribution in [0.15, 0.2) is 78.9 Å². The number of benzene rings is 3. The Morgan fingerprint density at radius 2 is 1.62 bits per heavy atom. The number of aryl methyl sites for hydroxylation is 1. The second-order valence-electron chi connectivity index (χ2n) is 12.2. The van der Waals surface area contributed by atoms with Gasteiger partial charge in [-0.25, -0.2) is 0 Å². The lowest BCUT2D eigenvalue weighted by atomic mass is 9.99. The van der Waals surface area contributed by atoms with Crippen LogP contribution in [0, 0.1) is 0 Å². The first-order valence-corrected chi connectivity index (χ1v) is 15.7. The topological polar surface area (TPSA) is 148 Å². The molecule has 3 N–H and O–H groups in total. The molecule has 248 valence electrons. The Morgan fingerprint density at radius 3 is 2.26 bits per heavy atom. The highest BCUT2D eigenvalue weighted by atomic mass is 16.6. The summed E-state index contributed by atoms with van der Waals surface area (Å²) < 4.78 is 10.5. The molecule has 2 atom stereocenters. The molecular weight excluding hydrogens is 600 g/mol. The Morgan fingerprint density at radius 1 is 0.957 bits per heavy atom. The highest BCUT2D eigenvalue weighted by molar-refractivity contribution is 6.13. The molecule has 1 heterocycles. The summed E-state index contributed by atoms with van der Waals surface area (Å²) in [5.74, 6) is -2.20. The van der Waals surface area contributed by atoms with E-state index in [1.165, 1.54) is 9.80 Å². The van der Waals surface area contributed by atoms with Gasteiger partial charge in [0.25, 0.3) is 11.8 Å². The third-order valence-electron chi connectivity index (χ3n) is 7.46. The Labute approximate surface area is 275 Å². The normalized spacial score (nSPS) is 14.5. The van der Waals surface area contributed by atoms with Gasteiger partial charge in [0.15, 0.2) is 0 Å². The predicted octanol–water partition coefficient (Wildman–Crippen LogP) is 4.22. The molecule has 11 nitrogen and oxygen atoms in total. The summed E-state index contributed by atoms with van der Waals surface area (Å²) in [7, 11) is 0. The number of carbonyl (C=O) groups excluding carboxylic acids is 5. The van der Waals surface area contributed by atoms with E-state index in [-0.39, 0.29) is 56.3 Å². The monoisotopic (exact) mass is 642 g/mol. The van der Waals surface area contributed by atoms with E-state index in [1.54, 1.807) is 58.0 Å². The van der Waals surface area contributed by atoms with Crippen LogP contribution >= 0.6 is 0 Å². The lowest BCUT2D eigenvalue weighted by Gasteiger charge is -2.30. The highest BCUT2D eigenvalue weighted by Gasteiger charge is 2.37. The lowest BCUT2D eigenvalue weighted by molar-refractivity contribution is -0.156. The van der Waals surface area contributed by atoms with Crippen LogP contribution < -0.4 is 16.0 Å². The summed E-state index contributed by atoms with van der Waals surface area (Å²) in [6, 6.07) is 21.5. The SMILES string of the molecule is CCOC(=O)CC(c1ccccc1)N1CC(=O)N(c2ccccc2)c2ccc(CCC(=O)NCC(N)C(=O)OC(C)(C)C)cc2C1=O. The Balaban J connectivity index is 1.62. The number of ether oxygens (including phenoxy) is 2. The predicted molar refractivity (Wildman–Crippen MR) is 177 cm³/mol. The van der Waals surface area contributed by atoms with Crippen LogP contribution in [-0.4, -0.2) is 65.9 Å². The standard InChI is InChI=1S/C36H42N4O7/c1-5-46-33(43)21-30(25-12-8-6-9-13-25)39-23-32(42)40(26-14-10-7-11-15-26)29-18-16-24(20-27(29)34(39)44)17-19-31(41)38-22-28(37)35(45)47-36(2,3)4/h6-16,18,20,28,30H,5,17,19,21-23,37H2,1-4H3,(H,38,41). The van der Waals surface area contributed by atoms with Crippen molar-refractivity contribution < 1.29 is 33.4 Å². The first kappa shape index (κ1) is 34.8. The number of nitrogens with one attached hydrogen (secondary N) is 1. The van der Waals surface area contributed by atoms with Crippen LogP contribution in [0.2, 0.25) is 0 Å². The summed E-state index contributed by atoms with van der Waals surface area (Å²) in [5.41, 5.74) is 7.81. The van der Waals surface area contributed by atoms with Crippen molar-refractivity contribution in [1.82, 2.24) is 10.2 Å². The molecule has 1 aliphatic heterocycles. The first-order chi connectivity index (χ1) is 22.4. The Hall–Kier alpha value is -5.03. The number of hydrogen-bond acceptors (Lipinski definition) is 8. The van der Waals surface area contributed by atoms with Crippen molar-refractivity contribution >= 4 is 41.0 Å². The van der Waals surface area contributed by atoms with Gasteiger partial charge >= 0.3 is 11.9 Å².